The highest BCUT2D eigenvalue weighted by Gasteiger charge is 2.27. The van der Waals surface area contributed by atoms with Crippen molar-refractivity contribution in [2.45, 2.75) is 25.6 Å². The molecule has 2 aromatic heterocycles. The maximum absolute atomic E-state index is 12.6. The fourth-order valence-electron chi connectivity index (χ4n) is 2.91. The number of hydrogen-bond acceptors (Lipinski definition) is 10. The standard InChI is InChI=1S/C22H24N4O6S2/c1-12-6-8-14(9-7-12)32-10-15-24-25-22(26(15)3)33-11-16(27)23-19-17(20(28)30-4)13(2)18(34-19)21(29)31-5/h6-9H,10-11H2,1-5H3,(H,23,27). The van der Waals surface area contributed by atoms with Crippen LogP contribution in [0, 0.1) is 13.8 Å². The van der Waals surface area contributed by atoms with Crippen LogP contribution < -0.4 is 10.1 Å². The first kappa shape index (κ1) is 25.2. The quantitative estimate of drug-likeness (QED) is 0.345. The first-order valence-corrected chi connectivity index (χ1v) is 11.9. The Kier molecular flexibility index (Phi) is 8.29. The summed E-state index contributed by atoms with van der Waals surface area (Å²) in [6.45, 7) is 3.83. The minimum atomic E-state index is -0.654. The number of aryl methyl sites for hydroxylation is 1. The van der Waals surface area contributed by atoms with E-state index in [0.29, 0.717) is 16.5 Å². The van der Waals surface area contributed by atoms with Crippen molar-refractivity contribution in [3.8, 4) is 5.75 Å². The van der Waals surface area contributed by atoms with Crippen LogP contribution in [0.2, 0.25) is 0 Å². The summed E-state index contributed by atoms with van der Waals surface area (Å²) in [6.07, 6.45) is 0. The van der Waals surface area contributed by atoms with Gasteiger partial charge in [-0.2, -0.15) is 0 Å². The second-order valence-electron chi connectivity index (χ2n) is 7.14. The normalized spacial score (nSPS) is 10.6. The molecule has 1 aromatic carbocycles. The van der Waals surface area contributed by atoms with Crippen LogP contribution in [0.15, 0.2) is 29.4 Å². The number of methoxy groups -OCH3 is 2. The zero-order chi connectivity index (χ0) is 24.8. The number of rotatable bonds is 9. The molecular weight excluding hydrogens is 480 g/mol. The van der Waals surface area contributed by atoms with E-state index in [-0.39, 0.29) is 33.7 Å². The van der Waals surface area contributed by atoms with Crippen molar-refractivity contribution in [3.63, 3.8) is 0 Å². The minimum Gasteiger partial charge on any atom is -0.486 e. The molecule has 3 rings (SSSR count). The lowest BCUT2D eigenvalue weighted by Gasteiger charge is -2.07. The summed E-state index contributed by atoms with van der Waals surface area (Å²) in [5.41, 5.74) is 1.65. The number of esters is 2. The molecule has 0 aliphatic rings. The Hall–Kier alpha value is -3.38. The number of anilines is 1. The van der Waals surface area contributed by atoms with Crippen molar-refractivity contribution in [2.24, 2.45) is 7.05 Å². The summed E-state index contributed by atoms with van der Waals surface area (Å²) in [4.78, 5) is 37.0. The molecule has 0 aliphatic heterocycles. The van der Waals surface area contributed by atoms with Gasteiger partial charge < -0.3 is 24.1 Å². The molecule has 0 spiro atoms. The number of thiophene rings is 1. The lowest BCUT2D eigenvalue weighted by atomic mass is 10.1. The highest BCUT2D eigenvalue weighted by atomic mass is 32.2. The first-order valence-electron chi connectivity index (χ1n) is 10.1. The number of carbonyl (C=O) groups excluding carboxylic acids is 3. The van der Waals surface area contributed by atoms with E-state index >= 15 is 0 Å². The molecule has 0 atom stereocenters. The highest BCUT2D eigenvalue weighted by Crippen LogP contribution is 2.34. The third-order valence-corrected chi connectivity index (χ3v) is 7.01. The lowest BCUT2D eigenvalue weighted by molar-refractivity contribution is -0.113. The molecule has 34 heavy (non-hydrogen) atoms. The number of thioether (sulfide) groups is 1. The SMILES string of the molecule is COC(=O)c1sc(NC(=O)CSc2nnc(COc3ccc(C)cc3)n2C)c(C(=O)OC)c1C. The second kappa shape index (κ2) is 11.2. The topological polar surface area (TPSA) is 122 Å². The number of amides is 1. The van der Waals surface area contributed by atoms with Crippen molar-refractivity contribution in [1.29, 1.82) is 0 Å². The van der Waals surface area contributed by atoms with Crippen LogP contribution in [0.5, 0.6) is 5.75 Å². The van der Waals surface area contributed by atoms with Crippen LogP contribution in [0.1, 0.15) is 37.0 Å². The largest absolute Gasteiger partial charge is 0.486 e. The Morgan fingerprint density at radius 1 is 1.06 bits per heavy atom. The van der Waals surface area contributed by atoms with Crippen molar-refractivity contribution < 1.29 is 28.6 Å². The molecular formula is C22H24N4O6S2. The van der Waals surface area contributed by atoms with Crippen LogP contribution in [-0.4, -0.2) is 52.6 Å². The van der Waals surface area contributed by atoms with Gasteiger partial charge in [0.1, 0.15) is 22.2 Å². The van der Waals surface area contributed by atoms with Gasteiger partial charge in [0.05, 0.1) is 25.5 Å². The van der Waals surface area contributed by atoms with E-state index < -0.39 is 11.9 Å². The minimum absolute atomic E-state index is 0.00983. The van der Waals surface area contributed by atoms with Crippen LogP contribution in [0.25, 0.3) is 0 Å². The number of aromatic nitrogens is 3. The maximum Gasteiger partial charge on any atom is 0.348 e. The molecule has 0 fully saturated rings. The zero-order valence-electron chi connectivity index (χ0n) is 19.3. The number of benzene rings is 1. The van der Waals surface area contributed by atoms with E-state index in [1.54, 1.807) is 18.5 Å². The van der Waals surface area contributed by atoms with Gasteiger partial charge in [-0.25, -0.2) is 9.59 Å². The average Bonchev–Trinajstić information content (AvgIpc) is 3.35. The molecule has 0 saturated heterocycles. The highest BCUT2D eigenvalue weighted by molar-refractivity contribution is 7.99. The zero-order valence-corrected chi connectivity index (χ0v) is 21.0. The molecule has 0 saturated carbocycles. The van der Waals surface area contributed by atoms with Crippen LogP contribution in [-0.2, 0) is 27.9 Å². The van der Waals surface area contributed by atoms with Gasteiger partial charge in [-0.3, -0.25) is 4.79 Å². The summed E-state index contributed by atoms with van der Waals surface area (Å²) in [7, 11) is 4.26. The fourth-order valence-corrected chi connectivity index (χ4v) is 4.77. The Morgan fingerprint density at radius 2 is 1.74 bits per heavy atom. The van der Waals surface area contributed by atoms with Crippen LogP contribution >= 0.6 is 23.1 Å². The Labute approximate surface area is 204 Å². The molecule has 2 heterocycles. The van der Waals surface area contributed by atoms with Crippen molar-refractivity contribution in [2.75, 3.05) is 25.3 Å². The van der Waals surface area contributed by atoms with Gasteiger partial charge in [0.15, 0.2) is 11.0 Å². The Morgan fingerprint density at radius 3 is 2.38 bits per heavy atom. The number of nitrogens with one attached hydrogen (secondary N) is 1. The third kappa shape index (κ3) is 5.75. The average molecular weight is 505 g/mol. The van der Waals surface area contributed by atoms with E-state index in [0.717, 1.165) is 22.6 Å². The van der Waals surface area contributed by atoms with Crippen molar-refractivity contribution in [3.05, 3.63) is 51.7 Å². The molecule has 0 aliphatic carbocycles. The van der Waals surface area contributed by atoms with E-state index in [9.17, 15) is 14.4 Å². The fraction of sp³-hybridized carbons (Fsp3) is 0.318. The van der Waals surface area contributed by atoms with Gasteiger partial charge in [-0.1, -0.05) is 29.5 Å². The Balaban J connectivity index is 1.64. The number of hydrogen-bond donors (Lipinski definition) is 1. The van der Waals surface area contributed by atoms with E-state index in [1.165, 1.54) is 26.0 Å². The van der Waals surface area contributed by atoms with Gasteiger partial charge in [-0.05, 0) is 31.5 Å². The molecule has 1 amide bonds. The van der Waals surface area contributed by atoms with Crippen molar-refractivity contribution in [1.82, 2.24) is 14.8 Å². The molecule has 180 valence electrons. The molecule has 0 unspecified atom stereocenters. The van der Waals surface area contributed by atoms with Crippen LogP contribution in [0.4, 0.5) is 5.00 Å². The number of ether oxygens (including phenoxy) is 3. The summed E-state index contributed by atoms with van der Waals surface area (Å²) in [6, 6.07) is 7.68. The number of carbonyl (C=O) groups is 3. The molecule has 1 N–H and O–H groups in total. The summed E-state index contributed by atoms with van der Waals surface area (Å²) >= 11 is 2.14. The third-order valence-electron chi connectivity index (χ3n) is 4.81. The number of nitrogens with zero attached hydrogens (tertiary/aromatic N) is 3. The first-order chi connectivity index (χ1) is 16.2. The molecule has 10 nitrogen and oxygen atoms in total. The molecule has 0 radical (unpaired) electrons. The van der Waals surface area contributed by atoms with Gasteiger partial charge >= 0.3 is 11.9 Å². The van der Waals surface area contributed by atoms with Crippen LogP contribution in [0.3, 0.4) is 0 Å². The van der Waals surface area contributed by atoms with Gasteiger partial charge in [-0.15, -0.1) is 21.5 Å². The Bertz CT molecular complexity index is 1200. The van der Waals surface area contributed by atoms with Gasteiger partial charge in [0.2, 0.25) is 5.91 Å². The monoisotopic (exact) mass is 504 g/mol. The predicted molar refractivity (Wildman–Crippen MR) is 128 cm³/mol. The van der Waals surface area contributed by atoms with E-state index in [4.69, 9.17) is 14.2 Å². The lowest BCUT2D eigenvalue weighted by Crippen LogP contribution is -2.16. The smallest absolute Gasteiger partial charge is 0.348 e. The van der Waals surface area contributed by atoms with Crippen molar-refractivity contribution >= 4 is 45.9 Å². The van der Waals surface area contributed by atoms with Gasteiger partial charge in [0, 0.05) is 7.05 Å². The van der Waals surface area contributed by atoms with Gasteiger partial charge in [0.25, 0.3) is 0 Å². The van der Waals surface area contributed by atoms with E-state index in [2.05, 4.69) is 15.5 Å². The van der Waals surface area contributed by atoms with E-state index in [1.807, 2.05) is 31.2 Å². The molecule has 12 heteroatoms. The second-order valence-corrected chi connectivity index (χ2v) is 9.10. The summed E-state index contributed by atoms with van der Waals surface area (Å²) < 4.78 is 17.0. The predicted octanol–water partition coefficient (Wildman–Crippen LogP) is 3.38. The maximum atomic E-state index is 12.6. The molecule has 0 bridgehead atoms. The summed E-state index contributed by atoms with van der Waals surface area (Å²) in [5, 5.41) is 11.7. The summed E-state index contributed by atoms with van der Waals surface area (Å²) in [5.74, 6) is -0.293. The molecule has 3 aromatic rings.